The van der Waals surface area contributed by atoms with Crippen molar-refractivity contribution in [3.63, 3.8) is 0 Å². The zero-order valence-electron chi connectivity index (χ0n) is 10.5. The summed E-state index contributed by atoms with van der Waals surface area (Å²) in [5.74, 6) is 2.35. The molecule has 2 fully saturated rings. The number of nitrogens with one attached hydrogen (secondary N) is 2. The molecule has 2 aliphatic rings. The van der Waals surface area contributed by atoms with E-state index in [2.05, 4.69) is 20.6 Å². The quantitative estimate of drug-likeness (QED) is 0.354. The van der Waals surface area contributed by atoms with Crippen molar-refractivity contribution < 1.29 is 9.15 Å². The summed E-state index contributed by atoms with van der Waals surface area (Å²) in [4.78, 5) is 7.84. The number of guanidine groups is 1. The standard InChI is InChI=1S/C12H15N5O2/c1-14-12(17-5-13)16-3-8-7-2-9(19-11(7)8)10-4-15-6-18-10/h4,6-9,11H,2-3H2,1H3,(H2,14,16,17)/t7-,8-,9+,11-/m0/s1. The molecule has 7 heteroatoms. The number of ether oxygens (including phenoxy) is 1. The van der Waals surface area contributed by atoms with Gasteiger partial charge in [-0.15, -0.1) is 0 Å². The molecule has 1 saturated carbocycles. The van der Waals surface area contributed by atoms with E-state index in [-0.39, 0.29) is 12.2 Å². The zero-order valence-corrected chi connectivity index (χ0v) is 10.5. The molecule has 1 aromatic rings. The van der Waals surface area contributed by atoms with Gasteiger partial charge in [-0.05, 0) is 12.3 Å². The number of nitriles is 1. The Labute approximate surface area is 110 Å². The number of aromatic nitrogens is 1. The minimum atomic E-state index is 0.0466. The summed E-state index contributed by atoms with van der Waals surface area (Å²) in [7, 11) is 1.64. The van der Waals surface area contributed by atoms with Crippen molar-refractivity contribution in [2.45, 2.75) is 18.6 Å². The van der Waals surface area contributed by atoms with E-state index in [4.69, 9.17) is 14.4 Å². The second-order valence-corrected chi connectivity index (χ2v) is 4.75. The van der Waals surface area contributed by atoms with Crippen LogP contribution in [0.15, 0.2) is 22.0 Å². The molecule has 1 saturated heterocycles. The summed E-state index contributed by atoms with van der Waals surface area (Å²) in [6.45, 7) is 0.764. The number of fused-ring (bicyclic) bond motifs is 1. The molecular formula is C12H15N5O2. The molecule has 0 bridgehead atoms. The number of oxazole rings is 1. The molecule has 0 aromatic carbocycles. The number of hydrogen-bond donors (Lipinski definition) is 2. The smallest absolute Gasteiger partial charge is 0.204 e. The third-order valence-electron chi connectivity index (χ3n) is 3.73. The number of rotatable bonds is 3. The van der Waals surface area contributed by atoms with Crippen LogP contribution >= 0.6 is 0 Å². The summed E-state index contributed by atoms with van der Waals surface area (Å²) in [6, 6.07) is 0. The first kappa shape index (κ1) is 12.0. The van der Waals surface area contributed by atoms with Gasteiger partial charge >= 0.3 is 0 Å². The summed E-state index contributed by atoms with van der Waals surface area (Å²) in [6.07, 6.45) is 6.28. The summed E-state index contributed by atoms with van der Waals surface area (Å²) in [5.41, 5.74) is 0. The average Bonchev–Trinajstić information content (AvgIpc) is 2.87. The first-order valence-electron chi connectivity index (χ1n) is 6.23. The lowest BCUT2D eigenvalue weighted by atomic mass is 10.1. The molecule has 2 N–H and O–H groups in total. The number of hydrogen-bond acceptors (Lipinski definition) is 5. The predicted molar refractivity (Wildman–Crippen MR) is 65.8 cm³/mol. The van der Waals surface area contributed by atoms with E-state index in [9.17, 15) is 0 Å². The van der Waals surface area contributed by atoms with Crippen molar-refractivity contribution in [2.75, 3.05) is 13.6 Å². The third kappa shape index (κ3) is 2.27. The highest BCUT2D eigenvalue weighted by molar-refractivity contribution is 5.81. The third-order valence-corrected chi connectivity index (χ3v) is 3.73. The first-order chi connectivity index (χ1) is 9.33. The first-order valence-corrected chi connectivity index (χ1v) is 6.23. The summed E-state index contributed by atoms with van der Waals surface area (Å²) in [5, 5.41) is 14.1. The van der Waals surface area contributed by atoms with Crippen molar-refractivity contribution in [3.05, 3.63) is 18.4 Å². The molecule has 19 heavy (non-hydrogen) atoms. The fourth-order valence-electron chi connectivity index (χ4n) is 2.70. The van der Waals surface area contributed by atoms with Crippen LogP contribution in [0.25, 0.3) is 0 Å². The molecule has 4 atom stereocenters. The van der Waals surface area contributed by atoms with Crippen molar-refractivity contribution in [2.24, 2.45) is 16.8 Å². The van der Waals surface area contributed by atoms with Crippen LogP contribution in [-0.2, 0) is 4.74 Å². The molecule has 0 radical (unpaired) electrons. The maximum atomic E-state index is 8.53. The Morgan fingerprint density at radius 3 is 3.16 bits per heavy atom. The van der Waals surface area contributed by atoms with Crippen LogP contribution in [0.4, 0.5) is 0 Å². The lowest BCUT2D eigenvalue weighted by molar-refractivity contribution is 0.0449. The van der Waals surface area contributed by atoms with Gasteiger partial charge in [0.2, 0.25) is 5.96 Å². The average molecular weight is 261 g/mol. The van der Waals surface area contributed by atoms with E-state index >= 15 is 0 Å². The van der Waals surface area contributed by atoms with Crippen molar-refractivity contribution >= 4 is 5.96 Å². The molecule has 0 unspecified atom stereocenters. The van der Waals surface area contributed by atoms with E-state index < -0.39 is 0 Å². The Hall–Kier alpha value is -2.07. The minimum absolute atomic E-state index is 0.0466. The van der Waals surface area contributed by atoms with E-state index in [0.29, 0.717) is 17.8 Å². The van der Waals surface area contributed by atoms with Crippen LogP contribution in [0.1, 0.15) is 18.3 Å². The Morgan fingerprint density at radius 2 is 2.58 bits per heavy atom. The topological polar surface area (TPSA) is 95.5 Å². The maximum Gasteiger partial charge on any atom is 0.204 e. The normalized spacial score (nSPS) is 32.5. The fourth-order valence-corrected chi connectivity index (χ4v) is 2.70. The zero-order chi connectivity index (χ0) is 13.2. The predicted octanol–water partition coefficient (Wildman–Crippen LogP) is 0.397. The van der Waals surface area contributed by atoms with E-state index in [1.807, 2.05) is 6.19 Å². The van der Waals surface area contributed by atoms with Gasteiger partial charge < -0.3 is 14.5 Å². The lowest BCUT2D eigenvalue weighted by Gasteiger charge is -2.13. The van der Waals surface area contributed by atoms with Crippen LogP contribution in [0.5, 0.6) is 0 Å². The highest BCUT2D eigenvalue weighted by Gasteiger charge is 2.58. The minimum Gasteiger partial charge on any atom is -0.446 e. The van der Waals surface area contributed by atoms with Crippen LogP contribution < -0.4 is 10.6 Å². The van der Waals surface area contributed by atoms with Gasteiger partial charge in [-0.25, -0.2) is 4.98 Å². The molecule has 7 nitrogen and oxygen atoms in total. The van der Waals surface area contributed by atoms with E-state index in [1.165, 1.54) is 6.39 Å². The summed E-state index contributed by atoms with van der Waals surface area (Å²) < 4.78 is 11.2. The Morgan fingerprint density at radius 1 is 1.68 bits per heavy atom. The molecule has 3 rings (SSSR count). The summed E-state index contributed by atoms with van der Waals surface area (Å²) >= 11 is 0. The highest BCUT2D eigenvalue weighted by Crippen LogP contribution is 2.55. The largest absolute Gasteiger partial charge is 0.446 e. The van der Waals surface area contributed by atoms with Crippen molar-refractivity contribution in [1.29, 1.82) is 5.26 Å². The second kappa shape index (κ2) is 4.90. The van der Waals surface area contributed by atoms with Crippen LogP contribution in [-0.4, -0.2) is 30.6 Å². The number of nitrogens with zero attached hydrogens (tertiary/aromatic N) is 3. The monoisotopic (exact) mass is 261 g/mol. The SMILES string of the molecule is CN=C(NC#N)NC[C@H]1[C@@H]2C[C@H](c3cnco3)O[C@H]12. The van der Waals surface area contributed by atoms with E-state index in [1.54, 1.807) is 13.2 Å². The van der Waals surface area contributed by atoms with Gasteiger partial charge in [-0.2, -0.15) is 5.26 Å². The molecule has 1 aromatic heterocycles. The molecule has 1 aliphatic heterocycles. The Balaban J connectivity index is 1.46. The molecule has 0 amide bonds. The number of aliphatic imine (C=N–C) groups is 1. The maximum absolute atomic E-state index is 8.53. The molecule has 0 spiro atoms. The van der Waals surface area contributed by atoms with Gasteiger partial charge in [0, 0.05) is 19.5 Å². The Bertz CT molecular complexity index is 495. The second-order valence-electron chi connectivity index (χ2n) is 4.75. The van der Waals surface area contributed by atoms with Gasteiger partial charge in [-0.3, -0.25) is 10.3 Å². The van der Waals surface area contributed by atoms with Crippen LogP contribution in [0, 0.1) is 23.3 Å². The van der Waals surface area contributed by atoms with E-state index in [0.717, 1.165) is 18.7 Å². The molecular weight excluding hydrogens is 246 g/mol. The van der Waals surface area contributed by atoms with Crippen LogP contribution in [0.3, 0.4) is 0 Å². The molecule has 1 aliphatic carbocycles. The van der Waals surface area contributed by atoms with Crippen LogP contribution in [0.2, 0.25) is 0 Å². The van der Waals surface area contributed by atoms with Gasteiger partial charge in [0.1, 0.15) is 6.10 Å². The molecule has 2 heterocycles. The molecule has 100 valence electrons. The highest BCUT2D eigenvalue weighted by atomic mass is 16.5. The lowest BCUT2D eigenvalue weighted by Crippen LogP contribution is -2.36. The van der Waals surface area contributed by atoms with Gasteiger partial charge in [0.05, 0.1) is 12.3 Å². The Kier molecular flexibility index (Phi) is 3.09. The van der Waals surface area contributed by atoms with Gasteiger partial charge in [0.25, 0.3) is 0 Å². The van der Waals surface area contributed by atoms with Gasteiger partial charge in [-0.1, -0.05) is 0 Å². The van der Waals surface area contributed by atoms with Crippen molar-refractivity contribution in [1.82, 2.24) is 15.6 Å². The van der Waals surface area contributed by atoms with Gasteiger partial charge in [0.15, 0.2) is 18.3 Å². The fraction of sp³-hybridized carbons (Fsp3) is 0.583. The van der Waals surface area contributed by atoms with Crippen molar-refractivity contribution in [3.8, 4) is 6.19 Å².